The minimum atomic E-state index is -0.329. The van der Waals surface area contributed by atoms with Crippen LogP contribution in [0.2, 0.25) is 0 Å². The van der Waals surface area contributed by atoms with Crippen molar-refractivity contribution in [1.82, 2.24) is 19.4 Å². The first kappa shape index (κ1) is 15.1. The molecule has 0 atom stereocenters. The Morgan fingerprint density at radius 2 is 1.96 bits per heavy atom. The largest absolute Gasteiger partial charge is 0.388 e. The van der Waals surface area contributed by atoms with Gasteiger partial charge in [-0.3, -0.25) is 4.40 Å². The Morgan fingerprint density at radius 1 is 1.08 bits per heavy atom. The maximum atomic E-state index is 14.2. The number of aromatic nitrogens is 4. The Balaban J connectivity index is 1.81. The fourth-order valence-electron chi connectivity index (χ4n) is 2.67. The quantitative estimate of drug-likeness (QED) is 0.601. The van der Waals surface area contributed by atoms with Gasteiger partial charge < -0.3 is 11.1 Å². The number of halogens is 1. The van der Waals surface area contributed by atoms with E-state index in [-0.39, 0.29) is 5.82 Å². The lowest BCUT2D eigenvalue weighted by atomic mass is 10.1. The maximum Gasteiger partial charge on any atom is 0.234 e. The number of anilines is 2. The van der Waals surface area contributed by atoms with Crippen LogP contribution in [0, 0.1) is 5.82 Å². The highest BCUT2D eigenvalue weighted by molar-refractivity contribution is 5.69. The Kier molecular flexibility index (Phi) is 3.53. The van der Waals surface area contributed by atoms with E-state index in [9.17, 15) is 4.39 Å². The Hall–Kier alpha value is -3.48. The van der Waals surface area contributed by atoms with Gasteiger partial charge in [0, 0.05) is 48.6 Å². The zero-order valence-electron chi connectivity index (χ0n) is 13.4. The van der Waals surface area contributed by atoms with Crippen LogP contribution in [0.4, 0.5) is 15.9 Å². The van der Waals surface area contributed by atoms with Crippen LogP contribution in [0.25, 0.3) is 28.2 Å². The van der Waals surface area contributed by atoms with E-state index in [0.717, 1.165) is 16.8 Å². The lowest BCUT2D eigenvalue weighted by Crippen LogP contribution is -1.92. The van der Waals surface area contributed by atoms with Crippen molar-refractivity contribution in [3.8, 4) is 22.4 Å². The van der Waals surface area contributed by atoms with Gasteiger partial charge in [-0.25, -0.2) is 19.3 Å². The van der Waals surface area contributed by atoms with Crippen molar-refractivity contribution in [3.05, 3.63) is 60.9 Å². The molecule has 124 valence electrons. The number of hydrogen-bond donors (Lipinski definition) is 2. The number of rotatable bonds is 3. The molecular formula is C18H15FN6. The number of nitrogens with two attached hydrogens (primary N) is 1. The van der Waals surface area contributed by atoms with Crippen LogP contribution >= 0.6 is 0 Å². The summed E-state index contributed by atoms with van der Waals surface area (Å²) in [6, 6.07) is 8.45. The molecule has 0 fully saturated rings. The molecule has 0 bridgehead atoms. The standard InChI is InChI=1S/C18H15FN6/c1-21-13-2-3-15(19)14(7-13)16-10-25-9-12(8-23-18(25)24-16)11-4-5-22-17(20)6-11/h2-10,21H,1H3,(H2,20,22). The molecule has 6 nitrogen and oxygen atoms in total. The summed E-state index contributed by atoms with van der Waals surface area (Å²) in [7, 11) is 1.79. The van der Waals surface area contributed by atoms with E-state index in [1.54, 1.807) is 48.2 Å². The van der Waals surface area contributed by atoms with Gasteiger partial charge in [-0.1, -0.05) is 0 Å². The summed E-state index contributed by atoms with van der Waals surface area (Å²) in [6.45, 7) is 0. The molecule has 4 aromatic rings. The summed E-state index contributed by atoms with van der Waals surface area (Å²) in [5.41, 5.74) is 9.27. The van der Waals surface area contributed by atoms with Crippen LogP contribution in [0.15, 0.2) is 55.1 Å². The van der Waals surface area contributed by atoms with Crippen molar-refractivity contribution in [3.63, 3.8) is 0 Å². The second kappa shape index (κ2) is 5.86. The summed E-state index contributed by atoms with van der Waals surface area (Å²) >= 11 is 0. The highest BCUT2D eigenvalue weighted by atomic mass is 19.1. The molecule has 0 radical (unpaired) electrons. The summed E-state index contributed by atoms with van der Waals surface area (Å²) in [6.07, 6.45) is 7.00. The highest BCUT2D eigenvalue weighted by Gasteiger charge is 2.12. The van der Waals surface area contributed by atoms with Crippen LogP contribution in [0.5, 0.6) is 0 Å². The molecule has 7 heteroatoms. The first-order valence-electron chi connectivity index (χ1n) is 7.68. The van der Waals surface area contributed by atoms with Crippen molar-refractivity contribution >= 4 is 17.3 Å². The van der Waals surface area contributed by atoms with Gasteiger partial charge in [-0.05, 0) is 35.9 Å². The maximum absolute atomic E-state index is 14.2. The normalized spacial score (nSPS) is 11.0. The van der Waals surface area contributed by atoms with Gasteiger partial charge in [-0.2, -0.15) is 0 Å². The van der Waals surface area contributed by atoms with E-state index < -0.39 is 0 Å². The lowest BCUT2D eigenvalue weighted by molar-refractivity contribution is 0.631. The average Bonchev–Trinajstić information content (AvgIpc) is 3.05. The number of nitrogen functional groups attached to an aromatic ring is 1. The summed E-state index contributed by atoms with van der Waals surface area (Å²) < 4.78 is 16.0. The van der Waals surface area contributed by atoms with Crippen molar-refractivity contribution in [2.24, 2.45) is 0 Å². The van der Waals surface area contributed by atoms with Crippen molar-refractivity contribution in [2.45, 2.75) is 0 Å². The van der Waals surface area contributed by atoms with Gasteiger partial charge in [-0.15, -0.1) is 0 Å². The molecule has 0 aliphatic rings. The number of hydrogen-bond acceptors (Lipinski definition) is 5. The average molecular weight is 334 g/mol. The van der Waals surface area contributed by atoms with E-state index in [0.29, 0.717) is 22.9 Å². The van der Waals surface area contributed by atoms with E-state index in [4.69, 9.17) is 5.73 Å². The van der Waals surface area contributed by atoms with E-state index in [1.807, 2.05) is 12.3 Å². The number of pyridine rings is 1. The van der Waals surface area contributed by atoms with Crippen LogP contribution in [-0.2, 0) is 0 Å². The molecule has 3 heterocycles. The fourth-order valence-corrected chi connectivity index (χ4v) is 2.67. The third-order valence-electron chi connectivity index (χ3n) is 3.96. The monoisotopic (exact) mass is 334 g/mol. The van der Waals surface area contributed by atoms with Crippen LogP contribution in [-0.4, -0.2) is 26.4 Å². The first-order valence-corrected chi connectivity index (χ1v) is 7.68. The van der Waals surface area contributed by atoms with Gasteiger partial charge in [0.1, 0.15) is 11.6 Å². The smallest absolute Gasteiger partial charge is 0.234 e. The predicted octanol–water partition coefficient (Wildman–Crippen LogP) is 3.22. The van der Waals surface area contributed by atoms with E-state index >= 15 is 0 Å². The minimum absolute atomic E-state index is 0.329. The second-order valence-corrected chi connectivity index (χ2v) is 5.59. The molecule has 3 aromatic heterocycles. The lowest BCUT2D eigenvalue weighted by Gasteiger charge is -2.03. The molecule has 0 unspecified atom stereocenters. The molecule has 4 rings (SSSR count). The van der Waals surface area contributed by atoms with Crippen LogP contribution in [0.3, 0.4) is 0 Å². The Bertz CT molecular complexity index is 1070. The third-order valence-corrected chi connectivity index (χ3v) is 3.96. The molecule has 25 heavy (non-hydrogen) atoms. The van der Waals surface area contributed by atoms with Gasteiger partial charge in [0.05, 0.1) is 5.69 Å². The zero-order chi connectivity index (χ0) is 17.4. The SMILES string of the molecule is CNc1ccc(F)c(-c2cn3cc(-c4ccnc(N)c4)cnc3n2)c1. The molecule has 0 spiro atoms. The zero-order valence-corrected chi connectivity index (χ0v) is 13.4. The molecule has 0 saturated carbocycles. The van der Waals surface area contributed by atoms with E-state index in [2.05, 4.69) is 20.3 Å². The molecule has 3 N–H and O–H groups in total. The van der Waals surface area contributed by atoms with Crippen molar-refractivity contribution in [2.75, 3.05) is 18.1 Å². The first-order chi connectivity index (χ1) is 12.1. The van der Waals surface area contributed by atoms with Crippen LogP contribution in [0.1, 0.15) is 0 Å². The van der Waals surface area contributed by atoms with Crippen molar-refractivity contribution < 1.29 is 4.39 Å². The molecule has 0 aliphatic heterocycles. The Morgan fingerprint density at radius 3 is 2.76 bits per heavy atom. The Labute approximate surface area is 143 Å². The third kappa shape index (κ3) is 2.76. The molecule has 0 saturated heterocycles. The highest BCUT2D eigenvalue weighted by Crippen LogP contribution is 2.26. The number of fused-ring (bicyclic) bond motifs is 1. The number of benzene rings is 1. The fraction of sp³-hybridized carbons (Fsp3) is 0.0556. The summed E-state index contributed by atoms with van der Waals surface area (Å²) in [5, 5.41) is 3.00. The summed E-state index contributed by atoms with van der Waals surface area (Å²) in [4.78, 5) is 12.8. The van der Waals surface area contributed by atoms with Gasteiger partial charge >= 0.3 is 0 Å². The molecule has 0 aliphatic carbocycles. The number of imidazole rings is 1. The van der Waals surface area contributed by atoms with Gasteiger partial charge in [0.15, 0.2) is 0 Å². The molecular weight excluding hydrogens is 319 g/mol. The second-order valence-electron chi connectivity index (χ2n) is 5.59. The number of nitrogens with zero attached hydrogens (tertiary/aromatic N) is 4. The number of nitrogens with one attached hydrogen (secondary N) is 1. The predicted molar refractivity (Wildman–Crippen MR) is 95.6 cm³/mol. The topological polar surface area (TPSA) is 81.1 Å². The van der Waals surface area contributed by atoms with E-state index in [1.165, 1.54) is 6.07 Å². The molecule has 0 amide bonds. The van der Waals surface area contributed by atoms with Crippen molar-refractivity contribution in [1.29, 1.82) is 0 Å². The molecule has 1 aromatic carbocycles. The minimum Gasteiger partial charge on any atom is -0.388 e. The van der Waals surface area contributed by atoms with Gasteiger partial charge in [0.2, 0.25) is 5.78 Å². The van der Waals surface area contributed by atoms with Crippen LogP contribution < -0.4 is 11.1 Å². The van der Waals surface area contributed by atoms with Gasteiger partial charge in [0.25, 0.3) is 0 Å². The summed E-state index contributed by atoms with van der Waals surface area (Å²) in [5.74, 6) is 0.606.